The van der Waals surface area contributed by atoms with Crippen molar-refractivity contribution in [2.45, 2.75) is 29.2 Å². The number of aromatic amines is 1. The Kier molecular flexibility index (Phi) is 6.84. The largest absolute Gasteiger partial charge is 0.493 e. The molecule has 9 nitrogen and oxygen atoms in total. The van der Waals surface area contributed by atoms with Crippen molar-refractivity contribution in [2.24, 2.45) is 29.6 Å². The Labute approximate surface area is 258 Å². The van der Waals surface area contributed by atoms with Gasteiger partial charge in [-0.15, -0.1) is 11.8 Å². The Bertz CT molecular complexity index is 1710. The lowest BCUT2D eigenvalue weighted by Crippen LogP contribution is -2.42. The molecular formula is C29H24Cl2N2O7S2. The number of nitrogens with one attached hydrogen (secondary N) is 1. The zero-order valence-corrected chi connectivity index (χ0v) is 25.2. The first-order valence-electron chi connectivity index (χ1n) is 13.4. The summed E-state index contributed by atoms with van der Waals surface area (Å²) >= 11 is 15.1. The molecule has 7 rings (SSSR count). The number of benzene rings is 2. The fourth-order valence-corrected chi connectivity index (χ4v) is 10.9. The molecule has 218 valence electrons. The molecule has 7 atom stereocenters. The van der Waals surface area contributed by atoms with Gasteiger partial charge in [0.1, 0.15) is 13.2 Å². The molecule has 2 aromatic carbocycles. The summed E-state index contributed by atoms with van der Waals surface area (Å²) in [5, 5.41) is 11.1. The van der Waals surface area contributed by atoms with Crippen LogP contribution in [0.4, 0.5) is 0 Å². The van der Waals surface area contributed by atoms with E-state index in [1.54, 1.807) is 37.1 Å². The van der Waals surface area contributed by atoms with E-state index in [4.69, 9.17) is 32.7 Å². The summed E-state index contributed by atoms with van der Waals surface area (Å²) in [5.41, 5.74) is 1.68. The first kappa shape index (κ1) is 27.8. The van der Waals surface area contributed by atoms with Crippen LogP contribution in [0.5, 0.6) is 11.5 Å². The zero-order chi connectivity index (χ0) is 29.4. The molecule has 4 aliphatic rings. The minimum atomic E-state index is -1.21. The zero-order valence-electron chi connectivity index (χ0n) is 22.0. The maximum Gasteiger partial charge on any atom is 0.323 e. The third kappa shape index (κ3) is 4.27. The molecule has 0 unspecified atom stereocenters. The number of imide groups is 1. The second-order valence-corrected chi connectivity index (χ2v) is 14.1. The molecule has 2 saturated carbocycles. The molecule has 0 radical (unpaired) electrons. The minimum Gasteiger partial charge on any atom is -0.493 e. The van der Waals surface area contributed by atoms with E-state index in [0.29, 0.717) is 28.0 Å². The van der Waals surface area contributed by atoms with Crippen molar-refractivity contribution in [1.29, 1.82) is 0 Å². The Morgan fingerprint density at radius 3 is 2.55 bits per heavy atom. The Balaban J connectivity index is 1.24. The third-order valence-corrected chi connectivity index (χ3v) is 12.2. The van der Waals surface area contributed by atoms with Gasteiger partial charge in [0, 0.05) is 31.7 Å². The van der Waals surface area contributed by atoms with Gasteiger partial charge in [0.15, 0.2) is 11.5 Å². The summed E-state index contributed by atoms with van der Waals surface area (Å²) in [6.07, 6.45) is 0.714. The molecule has 1 aromatic heterocycles. The topological polar surface area (TPSA) is 126 Å². The number of rotatable bonds is 7. The second kappa shape index (κ2) is 10.3. The molecule has 3 fully saturated rings. The maximum atomic E-state index is 13.4. The van der Waals surface area contributed by atoms with Gasteiger partial charge in [-0.1, -0.05) is 46.7 Å². The van der Waals surface area contributed by atoms with Gasteiger partial charge in [0.05, 0.1) is 24.0 Å². The summed E-state index contributed by atoms with van der Waals surface area (Å²) in [7, 11) is 1.56. The van der Waals surface area contributed by atoms with Crippen LogP contribution in [-0.4, -0.2) is 51.7 Å². The van der Waals surface area contributed by atoms with Crippen molar-refractivity contribution in [3.8, 4) is 11.5 Å². The standard InChI is InChI=1S/C29H24Cl2N2O7S2/c1-39-18-6-11(3-5-17(18)40-10-12-2-4-13(30)7-16(12)31)20-21-14-8-15(24(21)41-26-25(20)42-29(38)32-26)23-22(14)27(36)33(28(23)37)9-19(34)35/h2-7,14-15,20-24H,8-10H2,1H3,(H,32,38)(H,34,35)/t14-,15+,20+,21+,22+,23+,24-/m0/s1. The molecule has 42 heavy (non-hydrogen) atoms. The highest BCUT2D eigenvalue weighted by Gasteiger charge is 2.69. The van der Waals surface area contributed by atoms with Crippen molar-refractivity contribution in [1.82, 2.24) is 9.88 Å². The minimum absolute atomic E-state index is 0.00510. The smallest absolute Gasteiger partial charge is 0.323 e. The lowest BCUT2D eigenvalue weighted by atomic mass is 9.68. The average molecular weight is 648 g/mol. The number of likely N-dealkylation sites (tertiary alicyclic amines) is 1. The summed E-state index contributed by atoms with van der Waals surface area (Å²) < 4.78 is 11.8. The predicted molar refractivity (Wildman–Crippen MR) is 157 cm³/mol. The van der Waals surface area contributed by atoms with E-state index in [1.165, 1.54) is 0 Å². The van der Waals surface area contributed by atoms with Gasteiger partial charge in [-0.25, -0.2) is 0 Å². The highest BCUT2D eigenvalue weighted by atomic mass is 35.5. The van der Waals surface area contributed by atoms with Gasteiger partial charge < -0.3 is 19.6 Å². The number of fused-ring (bicyclic) bond motifs is 9. The molecule has 2 N–H and O–H groups in total. The highest BCUT2D eigenvalue weighted by Crippen LogP contribution is 2.68. The molecule has 1 saturated heterocycles. The van der Waals surface area contributed by atoms with E-state index in [0.717, 1.165) is 37.3 Å². The van der Waals surface area contributed by atoms with Gasteiger partial charge in [-0.3, -0.25) is 24.1 Å². The SMILES string of the molecule is COc1cc([C@H]2c3sc(=O)[nH]c3S[C@H]3[C@@H]4C[C@H]([C@H]5C(=O)N(CC(=O)O)C(=O)[C@H]45)[C@H]23)ccc1OCc1ccc(Cl)cc1Cl. The van der Waals surface area contributed by atoms with Crippen molar-refractivity contribution >= 4 is 64.1 Å². The van der Waals surface area contributed by atoms with Crippen molar-refractivity contribution < 1.29 is 29.0 Å². The van der Waals surface area contributed by atoms with Crippen LogP contribution < -0.4 is 14.3 Å². The first-order valence-corrected chi connectivity index (χ1v) is 15.8. The number of methoxy groups -OCH3 is 1. The number of carboxylic acids is 1. The van der Waals surface area contributed by atoms with Crippen LogP contribution in [0, 0.1) is 29.6 Å². The number of halogens is 2. The van der Waals surface area contributed by atoms with Crippen LogP contribution >= 0.6 is 46.3 Å². The maximum absolute atomic E-state index is 13.4. The van der Waals surface area contributed by atoms with Crippen molar-refractivity contribution in [2.75, 3.05) is 13.7 Å². The summed E-state index contributed by atoms with van der Waals surface area (Å²) in [6, 6.07) is 10.9. The number of aliphatic carboxylic acids is 1. The van der Waals surface area contributed by atoms with Crippen LogP contribution in [-0.2, 0) is 21.0 Å². The number of carbonyl (C=O) groups is 3. The number of carboxylic acid groups (broad SMARTS) is 1. The number of aromatic nitrogens is 1. The predicted octanol–water partition coefficient (Wildman–Crippen LogP) is 4.89. The summed E-state index contributed by atoms with van der Waals surface area (Å²) in [6.45, 7) is -0.410. The van der Waals surface area contributed by atoms with E-state index in [-0.39, 0.29) is 46.3 Å². The molecule has 3 heterocycles. The highest BCUT2D eigenvalue weighted by molar-refractivity contribution is 8.00. The molecule has 0 spiro atoms. The van der Waals surface area contributed by atoms with E-state index >= 15 is 0 Å². The van der Waals surface area contributed by atoms with E-state index in [9.17, 15) is 24.3 Å². The van der Waals surface area contributed by atoms with Crippen LogP contribution in [0.1, 0.15) is 28.3 Å². The molecule has 3 aromatic rings. The van der Waals surface area contributed by atoms with Gasteiger partial charge in [0.2, 0.25) is 11.8 Å². The molecular weight excluding hydrogens is 623 g/mol. The van der Waals surface area contributed by atoms with E-state index in [2.05, 4.69) is 4.98 Å². The molecule has 13 heteroatoms. The van der Waals surface area contributed by atoms with E-state index < -0.39 is 30.3 Å². The average Bonchev–Trinajstić information content (AvgIpc) is 3.68. The third-order valence-electron chi connectivity index (χ3n) is 9.05. The molecule has 2 amide bonds. The molecule has 2 bridgehead atoms. The molecule has 2 aliphatic carbocycles. The lowest BCUT2D eigenvalue weighted by molar-refractivity contribution is -0.149. The number of ether oxygens (including phenoxy) is 2. The van der Waals surface area contributed by atoms with Crippen LogP contribution in [0.3, 0.4) is 0 Å². The normalized spacial score (nSPS) is 28.9. The van der Waals surface area contributed by atoms with E-state index in [1.807, 2.05) is 18.2 Å². The number of carbonyl (C=O) groups excluding carboxylic acids is 2. The lowest BCUT2D eigenvalue weighted by Gasteiger charge is -2.43. The number of thioether (sulfide) groups is 1. The molecule has 2 aliphatic heterocycles. The van der Waals surface area contributed by atoms with Gasteiger partial charge in [0.25, 0.3) is 0 Å². The Morgan fingerprint density at radius 1 is 1.07 bits per heavy atom. The monoisotopic (exact) mass is 646 g/mol. The van der Waals surface area contributed by atoms with Crippen molar-refractivity contribution in [3.05, 3.63) is 72.1 Å². The van der Waals surface area contributed by atoms with Crippen LogP contribution in [0.25, 0.3) is 0 Å². The summed E-state index contributed by atoms with van der Waals surface area (Å²) in [5.74, 6) is -2.45. The van der Waals surface area contributed by atoms with Gasteiger partial charge in [-0.2, -0.15) is 0 Å². The van der Waals surface area contributed by atoms with Gasteiger partial charge in [-0.05, 0) is 54.0 Å². The van der Waals surface area contributed by atoms with Crippen molar-refractivity contribution in [3.63, 3.8) is 0 Å². The summed E-state index contributed by atoms with van der Waals surface area (Å²) in [4.78, 5) is 55.2. The Hall–Kier alpha value is -2.99. The quantitative estimate of drug-likeness (QED) is 0.348. The first-order chi connectivity index (χ1) is 20.2. The number of hydrogen-bond acceptors (Lipinski definition) is 8. The number of H-pyrrole nitrogens is 1. The fraction of sp³-hybridized carbons (Fsp3) is 0.379. The Morgan fingerprint density at radius 2 is 1.83 bits per heavy atom. The van der Waals surface area contributed by atoms with Gasteiger partial charge >= 0.3 is 10.8 Å². The number of amides is 2. The number of hydrogen-bond donors (Lipinski definition) is 2. The second-order valence-electron chi connectivity index (χ2n) is 11.1. The van der Waals surface area contributed by atoms with Crippen LogP contribution in [0.2, 0.25) is 10.0 Å². The van der Waals surface area contributed by atoms with Crippen LogP contribution in [0.15, 0.2) is 46.2 Å². The number of nitrogens with zero attached hydrogens (tertiary/aromatic N) is 1. The number of thiazole rings is 1. The fourth-order valence-electron chi connectivity index (χ4n) is 7.53.